The zero-order valence-corrected chi connectivity index (χ0v) is 21.2. The number of rotatable bonds is 7. The Bertz CT molecular complexity index is 1270. The summed E-state index contributed by atoms with van der Waals surface area (Å²) in [5.41, 5.74) is 5.34. The molecule has 3 aromatic rings. The van der Waals surface area contributed by atoms with E-state index in [1.54, 1.807) is 12.1 Å². The van der Waals surface area contributed by atoms with Crippen LogP contribution >= 0.6 is 0 Å². The number of nitrogens with zero attached hydrogens (tertiary/aromatic N) is 1. The van der Waals surface area contributed by atoms with Crippen LogP contribution in [-0.4, -0.2) is 29.9 Å². The molecular formula is C31H33FN2O3. The van der Waals surface area contributed by atoms with Crippen molar-refractivity contribution < 1.29 is 18.7 Å². The van der Waals surface area contributed by atoms with Crippen molar-refractivity contribution in [1.82, 2.24) is 10.2 Å². The Labute approximate surface area is 217 Å². The molecule has 0 saturated heterocycles. The number of fused-ring (bicyclic) bond motifs is 1. The summed E-state index contributed by atoms with van der Waals surface area (Å²) in [5.74, 6) is 0.399. The van der Waals surface area contributed by atoms with Gasteiger partial charge in [0.05, 0.1) is 6.04 Å². The van der Waals surface area contributed by atoms with Crippen LogP contribution in [0.5, 0.6) is 5.75 Å². The first kappa shape index (κ1) is 25.0. The quantitative estimate of drug-likeness (QED) is 0.467. The Morgan fingerprint density at radius 3 is 2.57 bits per heavy atom. The van der Waals surface area contributed by atoms with Crippen LogP contribution in [0.3, 0.4) is 0 Å². The Morgan fingerprint density at radius 1 is 1.03 bits per heavy atom. The highest BCUT2D eigenvalue weighted by molar-refractivity contribution is 5.80. The minimum Gasteiger partial charge on any atom is -0.484 e. The molecule has 0 bridgehead atoms. The molecular weight excluding hydrogens is 467 g/mol. The van der Waals surface area contributed by atoms with Gasteiger partial charge in [-0.2, -0.15) is 0 Å². The molecule has 1 N–H and O–H groups in total. The van der Waals surface area contributed by atoms with Gasteiger partial charge in [0.15, 0.2) is 6.61 Å². The molecule has 1 aliphatic heterocycles. The molecule has 192 valence electrons. The zero-order chi connectivity index (χ0) is 25.8. The van der Waals surface area contributed by atoms with Crippen molar-refractivity contribution >= 4 is 11.8 Å². The lowest BCUT2D eigenvalue weighted by atomic mass is 9.86. The molecule has 1 saturated carbocycles. The third-order valence-electron chi connectivity index (χ3n) is 7.46. The lowest BCUT2D eigenvalue weighted by molar-refractivity contribution is -0.137. The topological polar surface area (TPSA) is 58.6 Å². The monoisotopic (exact) mass is 500 g/mol. The first-order valence-electron chi connectivity index (χ1n) is 13.1. The van der Waals surface area contributed by atoms with Crippen LogP contribution in [-0.2, 0) is 22.6 Å². The molecule has 1 aliphatic carbocycles. The van der Waals surface area contributed by atoms with Crippen LogP contribution < -0.4 is 10.1 Å². The lowest BCUT2D eigenvalue weighted by Crippen LogP contribution is -2.43. The normalized spacial score (nSPS) is 17.4. The Morgan fingerprint density at radius 2 is 1.81 bits per heavy atom. The van der Waals surface area contributed by atoms with Crippen molar-refractivity contribution in [2.24, 2.45) is 5.92 Å². The fraction of sp³-hybridized carbons (Fsp3) is 0.355. The molecule has 0 radical (unpaired) electrons. The second-order valence-corrected chi connectivity index (χ2v) is 10.1. The zero-order valence-electron chi connectivity index (χ0n) is 21.2. The van der Waals surface area contributed by atoms with Gasteiger partial charge in [0.25, 0.3) is 5.91 Å². The van der Waals surface area contributed by atoms with Gasteiger partial charge in [0.2, 0.25) is 5.91 Å². The molecule has 2 aliphatic rings. The lowest BCUT2D eigenvalue weighted by Gasteiger charge is -2.39. The van der Waals surface area contributed by atoms with E-state index >= 15 is 0 Å². The smallest absolute Gasteiger partial charge is 0.258 e. The summed E-state index contributed by atoms with van der Waals surface area (Å²) in [6.07, 6.45) is 4.99. The van der Waals surface area contributed by atoms with Crippen molar-refractivity contribution in [3.05, 3.63) is 100 Å². The summed E-state index contributed by atoms with van der Waals surface area (Å²) in [6.45, 7) is 2.95. The van der Waals surface area contributed by atoms with Crippen molar-refractivity contribution in [2.45, 2.75) is 51.6 Å². The first-order chi connectivity index (χ1) is 18.0. The predicted molar refractivity (Wildman–Crippen MR) is 141 cm³/mol. The number of aryl methyl sites for hydroxylation is 1. The highest BCUT2D eigenvalue weighted by Gasteiger charge is 2.36. The standard InChI is InChI=1S/C31H33FN2O3/c1-21-5-4-8-25(17-21)30-28-18-27(37-20-29(35)33-19-22-9-12-26(32)13-10-22)14-11-23(28)15-16-34(30)31(36)24-6-2-3-7-24/h4-5,8-14,17-18,24,30H,2-3,6-7,15-16,19-20H2,1H3,(H,33,35)/t30-/m1/s1. The molecule has 3 aromatic carbocycles. The number of amides is 2. The van der Waals surface area contributed by atoms with Crippen LogP contribution in [0.2, 0.25) is 0 Å². The molecule has 1 atom stereocenters. The number of hydrogen-bond acceptors (Lipinski definition) is 3. The van der Waals surface area contributed by atoms with Gasteiger partial charge in [-0.05, 0) is 72.7 Å². The average Bonchev–Trinajstić information content (AvgIpc) is 3.45. The summed E-state index contributed by atoms with van der Waals surface area (Å²) in [6, 6.07) is 20.2. The average molecular weight is 501 g/mol. The van der Waals surface area contributed by atoms with Gasteiger partial charge in [0.1, 0.15) is 11.6 Å². The van der Waals surface area contributed by atoms with E-state index in [-0.39, 0.29) is 36.2 Å². The van der Waals surface area contributed by atoms with Gasteiger partial charge in [-0.1, -0.05) is 60.9 Å². The van der Waals surface area contributed by atoms with Gasteiger partial charge in [0, 0.05) is 19.0 Å². The number of carbonyl (C=O) groups is 2. The number of halogens is 1. The van der Waals surface area contributed by atoms with E-state index < -0.39 is 0 Å². The fourth-order valence-electron chi connectivity index (χ4n) is 5.53. The second kappa shape index (κ2) is 11.2. The molecule has 0 spiro atoms. The Kier molecular flexibility index (Phi) is 7.54. The van der Waals surface area contributed by atoms with E-state index in [9.17, 15) is 14.0 Å². The van der Waals surface area contributed by atoms with Gasteiger partial charge in [-0.25, -0.2) is 4.39 Å². The minimum atomic E-state index is -0.307. The number of nitrogens with one attached hydrogen (secondary N) is 1. The van der Waals surface area contributed by atoms with Gasteiger partial charge in [-0.15, -0.1) is 0 Å². The maximum atomic E-state index is 13.6. The van der Waals surface area contributed by atoms with Gasteiger partial charge in [-0.3, -0.25) is 9.59 Å². The summed E-state index contributed by atoms with van der Waals surface area (Å²) in [4.78, 5) is 28.1. The van der Waals surface area contributed by atoms with E-state index in [1.165, 1.54) is 17.7 Å². The predicted octanol–water partition coefficient (Wildman–Crippen LogP) is 5.49. The summed E-state index contributed by atoms with van der Waals surface area (Å²) < 4.78 is 19.0. The Hall–Kier alpha value is -3.67. The summed E-state index contributed by atoms with van der Waals surface area (Å²) in [5, 5.41) is 2.81. The van der Waals surface area contributed by atoms with Crippen LogP contribution in [0.15, 0.2) is 66.7 Å². The second-order valence-electron chi connectivity index (χ2n) is 10.1. The van der Waals surface area contributed by atoms with Crippen molar-refractivity contribution in [3.63, 3.8) is 0 Å². The number of carbonyl (C=O) groups excluding carboxylic acids is 2. The molecule has 5 rings (SSSR count). The SMILES string of the molecule is Cc1cccc([C@@H]2c3cc(OCC(=O)NCc4ccc(F)cc4)ccc3CCN2C(=O)C2CCCC2)c1. The highest BCUT2D eigenvalue weighted by Crippen LogP contribution is 2.39. The van der Waals surface area contributed by atoms with Crippen LogP contribution in [0.25, 0.3) is 0 Å². The largest absolute Gasteiger partial charge is 0.484 e. The van der Waals surface area contributed by atoms with Crippen LogP contribution in [0.4, 0.5) is 4.39 Å². The van der Waals surface area contributed by atoms with Crippen LogP contribution in [0, 0.1) is 18.7 Å². The molecule has 6 heteroatoms. The number of ether oxygens (including phenoxy) is 1. The first-order valence-corrected chi connectivity index (χ1v) is 13.1. The van der Waals surface area contributed by atoms with Gasteiger partial charge < -0.3 is 15.0 Å². The summed E-state index contributed by atoms with van der Waals surface area (Å²) in [7, 11) is 0. The third kappa shape index (κ3) is 5.85. The van der Waals surface area contributed by atoms with E-state index in [2.05, 4.69) is 41.4 Å². The summed E-state index contributed by atoms with van der Waals surface area (Å²) >= 11 is 0. The molecule has 1 fully saturated rings. The highest BCUT2D eigenvalue weighted by atomic mass is 19.1. The Balaban J connectivity index is 1.33. The van der Waals surface area contributed by atoms with Crippen molar-refractivity contribution in [2.75, 3.05) is 13.2 Å². The number of hydrogen-bond donors (Lipinski definition) is 1. The molecule has 37 heavy (non-hydrogen) atoms. The fourth-order valence-corrected chi connectivity index (χ4v) is 5.53. The molecule has 2 amide bonds. The van der Waals surface area contributed by atoms with Gasteiger partial charge >= 0.3 is 0 Å². The van der Waals surface area contributed by atoms with E-state index in [0.717, 1.165) is 54.4 Å². The maximum Gasteiger partial charge on any atom is 0.258 e. The number of benzene rings is 3. The van der Waals surface area contributed by atoms with Crippen molar-refractivity contribution in [1.29, 1.82) is 0 Å². The van der Waals surface area contributed by atoms with E-state index in [1.807, 2.05) is 18.2 Å². The molecule has 0 aromatic heterocycles. The molecule has 5 nitrogen and oxygen atoms in total. The van der Waals surface area contributed by atoms with E-state index in [0.29, 0.717) is 18.8 Å². The maximum absolute atomic E-state index is 13.6. The van der Waals surface area contributed by atoms with Crippen LogP contribution in [0.1, 0.15) is 59.5 Å². The molecule has 0 unspecified atom stereocenters. The minimum absolute atomic E-state index is 0.109. The van der Waals surface area contributed by atoms with Crippen molar-refractivity contribution in [3.8, 4) is 5.75 Å². The van der Waals surface area contributed by atoms with E-state index in [4.69, 9.17) is 4.74 Å². The third-order valence-corrected chi connectivity index (χ3v) is 7.46. The molecule has 1 heterocycles.